The van der Waals surface area contributed by atoms with Gasteiger partial charge in [-0.15, -0.1) is 46.2 Å². The Bertz CT molecular complexity index is 2430. The number of allylic oxidation sites excluding steroid dienone is 4. The molecule has 0 saturated carbocycles. The van der Waals surface area contributed by atoms with Crippen LogP contribution in [0.25, 0.3) is 43.8 Å². The number of hydrogen-bond acceptors (Lipinski definition) is 0. The molecule has 0 radical (unpaired) electrons. The Morgan fingerprint density at radius 2 is 1.08 bits per heavy atom. The van der Waals surface area contributed by atoms with Crippen molar-refractivity contribution in [1.82, 2.24) is 0 Å². The van der Waals surface area contributed by atoms with Crippen LogP contribution in [-0.4, -0.2) is 3.21 Å². The maximum Gasteiger partial charge on any atom is -0.109 e. The standard InChI is InChI=1S/C33H33.C15H11F3.C5H5.2ClH.Zr/c1-32(2,3)30-20-26-24(18-28(30)22-13-9-7-10-14-22)17-25-19-29(23-15-11-8-12-16-23)31(21-27(25)26)33(4,5)6;1-11-5-7-12(8-6-11)9-13-3-2-4-14(10-13)15(16,17)18;1-2-4-5-3-1;;;/h7-21H,1-6H3;2-8,10H,1H3;1-3H,4H2;2*1H;/q-1;;-1;;;+2/p-2. The molecule has 0 aliphatic heterocycles. The van der Waals surface area contributed by atoms with Crippen molar-refractivity contribution in [2.24, 2.45) is 0 Å². The zero-order chi connectivity index (χ0) is 41.0. The zero-order valence-corrected chi connectivity index (χ0v) is 38.6. The van der Waals surface area contributed by atoms with Crippen molar-refractivity contribution in [3.05, 3.63) is 197 Å². The number of aryl methyl sites for hydroxylation is 1. The fourth-order valence-corrected chi connectivity index (χ4v) is 7.93. The summed E-state index contributed by atoms with van der Waals surface area (Å²) in [7, 11) is 0. The van der Waals surface area contributed by atoms with Crippen molar-refractivity contribution in [3.63, 3.8) is 0 Å². The molecule has 59 heavy (non-hydrogen) atoms. The van der Waals surface area contributed by atoms with E-state index in [1.807, 2.05) is 43.3 Å². The Hall–Kier alpha value is -4.21. The van der Waals surface area contributed by atoms with Gasteiger partial charge in [-0.25, -0.2) is 12.2 Å². The minimum atomic E-state index is -4.29. The molecule has 1 aliphatic rings. The number of fused-ring (bicyclic) bond motifs is 3. The fraction of sp³-hybridized carbons (Fsp3) is 0.208. The van der Waals surface area contributed by atoms with Crippen LogP contribution in [0.2, 0.25) is 0 Å². The van der Waals surface area contributed by atoms with Crippen molar-refractivity contribution in [1.29, 1.82) is 0 Å². The van der Waals surface area contributed by atoms with E-state index >= 15 is 0 Å². The largest absolute Gasteiger partial charge is 1.00 e. The van der Waals surface area contributed by atoms with E-state index in [9.17, 15) is 13.2 Å². The zero-order valence-electron chi connectivity index (χ0n) is 34.6. The Balaban J connectivity index is 0.000000250. The van der Waals surface area contributed by atoms with Crippen LogP contribution in [0.4, 0.5) is 13.2 Å². The van der Waals surface area contributed by atoms with Gasteiger partial charge in [0.25, 0.3) is 0 Å². The Morgan fingerprint density at radius 1 is 0.593 bits per heavy atom. The summed E-state index contributed by atoms with van der Waals surface area (Å²) in [5.41, 5.74) is 10.3. The van der Waals surface area contributed by atoms with E-state index in [1.54, 1.807) is 6.07 Å². The molecule has 302 valence electrons. The quantitative estimate of drug-likeness (QED) is 0.155. The van der Waals surface area contributed by atoms with Gasteiger partial charge < -0.3 is 24.8 Å². The van der Waals surface area contributed by atoms with Gasteiger partial charge in [-0.2, -0.15) is 6.08 Å². The average Bonchev–Trinajstić information content (AvgIpc) is 3.89. The molecule has 0 saturated heterocycles. The van der Waals surface area contributed by atoms with Crippen LogP contribution >= 0.6 is 0 Å². The molecule has 0 bridgehead atoms. The van der Waals surface area contributed by atoms with Crippen molar-refractivity contribution < 1.29 is 62.2 Å². The van der Waals surface area contributed by atoms with Crippen molar-refractivity contribution in [3.8, 4) is 22.3 Å². The van der Waals surface area contributed by atoms with E-state index in [4.69, 9.17) is 0 Å². The third kappa shape index (κ3) is 11.8. The SMILES string of the molecule is CC(C)(C)c1cc2c(cc1-c1ccccc1)[cH-]c1cc(-c3ccccc3)c(C(C)(C)C)cc12.Cc1ccc([C](=[Zr+2])c2cccc(C(F)(F)F)c2)cc1.[C-]1=CC=CC1.[Cl-].[Cl-]. The van der Waals surface area contributed by atoms with E-state index in [1.165, 1.54) is 67.1 Å². The van der Waals surface area contributed by atoms with Crippen LogP contribution in [0.15, 0.2) is 158 Å². The predicted octanol–water partition coefficient (Wildman–Crippen LogP) is 9.08. The second-order valence-electron chi connectivity index (χ2n) is 16.7. The fourth-order valence-electron chi connectivity index (χ4n) is 7.14. The molecule has 0 N–H and O–H groups in total. The van der Waals surface area contributed by atoms with E-state index in [2.05, 4.69) is 145 Å². The van der Waals surface area contributed by atoms with Gasteiger partial charge in [0.15, 0.2) is 0 Å². The topological polar surface area (TPSA) is 0 Å². The van der Waals surface area contributed by atoms with Crippen molar-refractivity contribution in [2.45, 2.75) is 71.9 Å². The summed E-state index contributed by atoms with van der Waals surface area (Å²) >= 11 is 1.10. The Labute approximate surface area is 375 Å². The van der Waals surface area contributed by atoms with Gasteiger partial charge in [0.1, 0.15) is 0 Å². The summed E-state index contributed by atoms with van der Waals surface area (Å²) in [5.74, 6) is 0. The van der Waals surface area contributed by atoms with Gasteiger partial charge in [0.2, 0.25) is 0 Å². The van der Waals surface area contributed by atoms with E-state index in [0.29, 0.717) is 5.56 Å². The summed E-state index contributed by atoms with van der Waals surface area (Å²) in [6.07, 6.45) is 5.71. The minimum Gasteiger partial charge on any atom is -1.00 e. The smallest absolute Gasteiger partial charge is 0.109 e. The first-order valence-electron chi connectivity index (χ1n) is 19.4. The molecule has 0 amide bonds. The molecule has 7 aromatic rings. The first-order valence-corrected chi connectivity index (χ1v) is 20.6. The number of halogens is 5. The molecular formula is C53H49Cl2F3Zr-2. The van der Waals surface area contributed by atoms with Crippen LogP contribution in [0.1, 0.15) is 81.3 Å². The van der Waals surface area contributed by atoms with E-state index < -0.39 is 11.7 Å². The summed E-state index contributed by atoms with van der Waals surface area (Å²) in [4.78, 5) is 0. The summed E-state index contributed by atoms with van der Waals surface area (Å²) in [6.45, 7) is 15.9. The number of rotatable bonds is 4. The third-order valence-electron chi connectivity index (χ3n) is 10.2. The molecule has 0 aromatic heterocycles. The number of alkyl halides is 3. The number of hydrogen-bond donors (Lipinski definition) is 0. The average molecular weight is 905 g/mol. The third-order valence-corrected chi connectivity index (χ3v) is 11.6. The first-order chi connectivity index (χ1) is 27.0. The van der Waals surface area contributed by atoms with Crippen molar-refractivity contribution >= 4 is 24.8 Å². The van der Waals surface area contributed by atoms with E-state index in [-0.39, 0.29) is 35.6 Å². The molecule has 8 rings (SSSR count). The molecular weight excluding hydrogens is 856 g/mol. The summed E-state index contributed by atoms with van der Waals surface area (Å²) in [6, 6.07) is 47.0. The van der Waals surface area contributed by atoms with Gasteiger partial charge in [0.05, 0.1) is 0 Å². The minimum absolute atomic E-state index is 0. The second kappa shape index (κ2) is 19.9. The molecule has 0 atom stereocenters. The van der Waals surface area contributed by atoms with Gasteiger partial charge >= 0.3 is 124 Å². The van der Waals surface area contributed by atoms with Crippen LogP contribution in [0, 0.1) is 13.0 Å². The molecule has 6 heteroatoms. The first kappa shape index (κ1) is 47.5. The van der Waals surface area contributed by atoms with Gasteiger partial charge in [-0.1, -0.05) is 114 Å². The molecule has 0 nitrogen and oxygen atoms in total. The summed E-state index contributed by atoms with van der Waals surface area (Å²) in [5, 5.41) is 5.36. The maximum atomic E-state index is 12.7. The van der Waals surface area contributed by atoms with Gasteiger partial charge in [0, 0.05) is 0 Å². The van der Waals surface area contributed by atoms with Crippen LogP contribution in [0.5, 0.6) is 0 Å². The molecule has 0 heterocycles. The van der Waals surface area contributed by atoms with Crippen LogP contribution in [-0.2, 0) is 41.2 Å². The Morgan fingerprint density at radius 3 is 1.47 bits per heavy atom. The normalized spacial score (nSPS) is 12.2. The molecule has 0 unspecified atom stereocenters. The van der Waals surface area contributed by atoms with Crippen LogP contribution in [0.3, 0.4) is 0 Å². The summed E-state index contributed by atoms with van der Waals surface area (Å²) < 4.78 is 39.0. The predicted molar refractivity (Wildman–Crippen MR) is 233 cm³/mol. The number of benzene rings is 6. The van der Waals surface area contributed by atoms with Gasteiger partial charge in [-0.05, 0) is 44.2 Å². The monoisotopic (exact) mass is 902 g/mol. The molecule has 1 aliphatic carbocycles. The van der Waals surface area contributed by atoms with Crippen molar-refractivity contribution in [2.75, 3.05) is 0 Å². The second-order valence-corrected chi connectivity index (χ2v) is 17.9. The Kier molecular flexibility index (Phi) is 16.0. The van der Waals surface area contributed by atoms with Crippen LogP contribution < -0.4 is 24.8 Å². The molecule has 0 fully saturated rings. The maximum absolute atomic E-state index is 12.7. The molecule has 0 spiro atoms. The molecule has 7 aromatic carbocycles. The van der Waals surface area contributed by atoms with E-state index in [0.717, 1.165) is 51.1 Å². The van der Waals surface area contributed by atoms with Gasteiger partial charge in [-0.3, -0.25) is 6.08 Å².